The monoisotopic (exact) mass is 206 g/mol. The smallest absolute Gasteiger partial charge is 0.234 e. The molecule has 2 N–H and O–H groups in total. The standard InChI is InChI=1S/C12H18N2O/c1-10-5-3-6-11(9-10)7-4-8-12(15)14-13-2/h3,5-6,9,13H,4,7-8H2,1-2H3,(H,14,15). The first-order valence-corrected chi connectivity index (χ1v) is 5.23. The van der Waals surface area contributed by atoms with Gasteiger partial charge in [-0.15, -0.1) is 0 Å². The molecule has 1 rings (SSSR count). The molecule has 82 valence electrons. The van der Waals surface area contributed by atoms with E-state index in [2.05, 4.69) is 42.0 Å². The number of rotatable bonds is 5. The summed E-state index contributed by atoms with van der Waals surface area (Å²) in [5, 5.41) is 0. The second kappa shape index (κ2) is 6.19. The Morgan fingerprint density at radius 3 is 2.87 bits per heavy atom. The number of hydrogen-bond acceptors (Lipinski definition) is 2. The van der Waals surface area contributed by atoms with Crippen molar-refractivity contribution in [2.45, 2.75) is 26.2 Å². The maximum absolute atomic E-state index is 11.1. The highest BCUT2D eigenvalue weighted by Crippen LogP contribution is 2.07. The van der Waals surface area contributed by atoms with Crippen LogP contribution < -0.4 is 10.9 Å². The number of carbonyl (C=O) groups is 1. The van der Waals surface area contributed by atoms with Gasteiger partial charge in [-0.05, 0) is 25.3 Å². The van der Waals surface area contributed by atoms with Crippen molar-refractivity contribution >= 4 is 5.91 Å². The Kier molecular flexibility index (Phi) is 4.84. The predicted octanol–water partition coefficient (Wildman–Crippen LogP) is 1.57. The van der Waals surface area contributed by atoms with Crippen molar-refractivity contribution in [2.24, 2.45) is 0 Å². The predicted molar refractivity (Wildman–Crippen MR) is 61.3 cm³/mol. The van der Waals surface area contributed by atoms with Crippen LogP contribution in [-0.4, -0.2) is 13.0 Å². The van der Waals surface area contributed by atoms with Crippen LogP contribution in [-0.2, 0) is 11.2 Å². The van der Waals surface area contributed by atoms with Crippen LogP contribution in [0.25, 0.3) is 0 Å². The molecule has 0 saturated heterocycles. The van der Waals surface area contributed by atoms with E-state index in [-0.39, 0.29) is 5.91 Å². The summed E-state index contributed by atoms with van der Waals surface area (Å²) in [6.45, 7) is 2.08. The minimum absolute atomic E-state index is 0.0464. The van der Waals surface area contributed by atoms with Gasteiger partial charge in [0.05, 0.1) is 0 Å². The van der Waals surface area contributed by atoms with Gasteiger partial charge in [-0.3, -0.25) is 10.2 Å². The summed E-state index contributed by atoms with van der Waals surface area (Å²) in [4.78, 5) is 11.1. The number of amides is 1. The Balaban J connectivity index is 2.28. The second-order valence-corrected chi connectivity index (χ2v) is 3.64. The van der Waals surface area contributed by atoms with Gasteiger partial charge >= 0.3 is 0 Å². The Morgan fingerprint density at radius 1 is 1.40 bits per heavy atom. The van der Waals surface area contributed by atoms with E-state index >= 15 is 0 Å². The van der Waals surface area contributed by atoms with Gasteiger partial charge in [0.15, 0.2) is 0 Å². The lowest BCUT2D eigenvalue weighted by molar-refractivity contribution is -0.122. The highest BCUT2D eigenvalue weighted by Gasteiger charge is 1.99. The van der Waals surface area contributed by atoms with E-state index < -0.39 is 0 Å². The van der Waals surface area contributed by atoms with Crippen LogP contribution in [0.2, 0.25) is 0 Å². The number of nitrogens with one attached hydrogen (secondary N) is 2. The van der Waals surface area contributed by atoms with Crippen molar-refractivity contribution < 1.29 is 4.79 Å². The second-order valence-electron chi connectivity index (χ2n) is 3.64. The van der Waals surface area contributed by atoms with Gasteiger partial charge < -0.3 is 0 Å². The van der Waals surface area contributed by atoms with Gasteiger partial charge in [0.2, 0.25) is 5.91 Å². The van der Waals surface area contributed by atoms with Crippen LogP contribution >= 0.6 is 0 Å². The first-order chi connectivity index (χ1) is 7.22. The van der Waals surface area contributed by atoms with Crippen molar-refractivity contribution in [1.29, 1.82) is 0 Å². The summed E-state index contributed by atoms with van der Waals surface area (Å²) < 4.78 is 0. The zero-order valence-corrected chi connectivity index (χ0v) is 9.34. The van der Waals surface area contributed by atoms with E-state index in [0.29, 0.717) is 6.42 Å². The Bertz CT molecular complexity index is 323. The topological polar surface area (TPSA) is 41.1 Å². The van der Waals surface area contributed by atoms with Crippen molar-refractivity contribution in [1.82, 2.24) is 10.9 Å². The molecule has 1 aromatic rings. The molecule has 1 aromatic carbocycles. The molecule has 0 heterocycles. The van der Waals surface area contributed by atoms with Gasteiger partial charge in [0.25, 0.3) is 0 Å². The minimum Gasteiger partial charge on any atom is -0.292 e. The molecule has 0 saturated carbocycles. The van der Waals surface area contributed by atoms with Crippen LogP contribution in [0.1, 0.15) is 24.0 Å². The molecule has 15 heavy (non-hydrogen) atoms. The molecule has 0 aromatic heterocycles. The van der Waals surface area contributed by atoms with E-state index in [4.69, 9.17) is 0 Å². The van der Waals surface area contributed by atoms with Crippen LogP contribution in [0.5, 0.6) is 0 Å². The third-order valence-electron chi connectivity index (χ3n) is 2.22. The summed E-state index contributed by atoms with van der Waals surface area (Å²) in [5.41, 5.74) is 7.75. The molecule has 0 bridgehead atoms. The maximum Gasteiger partial charge on any atom is 0.234 e. The molecular formula is C12H18N2O. The van der Waals surface area contributed by atoms with Crippen LogP contribution in [0, 0.1) is 6.92 Å². The molecular weight excluding hydrogens is 188 g/mol. The highest BCUT2D eigenvalue weighted by atomic mass is 16.2. The molecule has 0 fully saturated rings. The Hall–Kier alpha value is -1.35. The van der Waals surface area contributed by atoms with Crippen LogP contribution in [0.3, 0.4) is 0 Å². The van der Waals surface area contributed by atoms with E-state index in [9.17, 15) is 4.79 Å². The van der Waals surface area contributed by atoms with Crippen molar-refractivity contribution in [3.8, 4) is 0 Å². The molecule has 0 atom stereocenters. The van der Waals surface area contributed by atoms with Crippen LogP contribution in [0.4, 0.5) is 0 Å². The first-order valence-electron chi connectivity index (χ1n) is 5.23. The lowest BCUT2D eigenvalue weighted by Gasteiger charge is -2.03. The fourth-order valence-corrected chi connectivity index (χ4v) is 1.52. The number of hydrazine groups is 1. The van der Waals surface area contributed by atoms with Crippen molar-refractivity contribution in [2.75, 3.05) is 7.05 Å². The van der Waals surface area contributed by atoms with Crippen molar-refractivity contribution in [3.05, 3.63) is 35.4 Å². The molecule has 3 heteroatoms. The summed E-state index contributed by atoms with van der Waals surface area (Å²) in [5.74, 6) is 0.0464. The quantitative estimate of drug-likeness (QED) is 0.718. The van der Waals surface area contributed by atoms with Crippen molar-refractivity contribution in [3.63, 3.8) is 0 Å². The van der Waals surface area contributed by atoms with E-state index in [1.165, 1.54) is 11.1 Å². The van der Waals surface area contributed by atoms with Gasteiger partial charge in [0.1, 0.15) is 0 Å². The summed E-state index contributed by atoms with van der Waals surface area (Å²) in [6.07, 6.45) is 2.41. The number of benzene rings is 1. The van der Waals surface area contributed by atoms with Gasteiger partial charge in [0, 0.05) is 13.5 Å². The van der Waals surface area contributed by atoms with Gasteiger partial charge in [-0.1, -0.05) is 29.8 Å². The molecule has 0 radical (unpaired) electrons. The summed E-state index contributed by atoms with van der Waals surface area (Å²) in [6, 6.07) is 8.40. The minimum atomic E-state index is 0.0464. The van der Waals surface area contributed by atoms with E-state index in [1.54, 1.807) is 7.05 Å². The molecule has 0 aliphatic heterocycles. The zero-order valence-electron chi connectivity index (χ0n) is 9.34. The first kappa shape index (κ1) is 11.7. The number of hydrogen-bond donors (Lipinski definition) is 2. The number of carbonyl (C=O) groups excluding carboxylic acids is 1. The third kappa shape index (κ3) is 4.61. The van der Waals surface area contributed by atoms with E-state index in [0.717, 1.165) is 12.8 Å². The molecule has 0 unspecified atom stereocenters. The normalized spacial score (nSPS) is 10.0. The number of aryl methyl sites for hydroxylation is 2. The van der Waals surface area contributed by atoms with Gasteiger partial charge in [-0.2, -0.15) is 0 Å². The molecule has 3 nitrogen and oxygen atoms in total. The fraction of sp³-hybridized carbons (Fsp3) is 0.417. The molecule has 0 spiro atoms. The van der Waals surface area contributed by atoms with E-state index in [1.807, 2.05) is 0 Å². The van der Waals surface area contributed by atoms with Gasteiger partial charge in [-0.25, -0.2) is 5.43 Å². The average Bonchev–Trinajstić information content (AvgIpc) is 2.18. The fourth-order valence-electron chi connectivity index (χ4n) is 1.52. The third-order valence-corrected chi connectivity index (χ3v) is 2.22. The maximum atomic E-state index is 11.1. The molecule has 0 aliphatic rings. The summed E-state index contributed by atoms with van der Waals surface area (Å²) in [7, 11) is 1.69. The Labute approximate surface area is 90.9 Å². The zero-order chi connectivity index (χ0) is 11.1. The summed E-state index contributed by atoms with van der Waals surface area (Å²) >= 11 is 0. The molecule has 0 aliphatic carbocycles. The Morgan fingerprint density at radius 2 is 2.20 bits per heavy atom. The largest absolute Gasteiger partial charge is 0.292 e. The lowest BCUT2D eigenvalue weighted by atomic mass is 10.1. The highest BCUT2D eigenvalue weighted by molar-refractivity contribution is 5.75. The van der Waals surface area contributed by atoms with Crippen LogP contribution in [0.15, 0.2) is 24.3 Å². The molecule has 1 amide bonds. The lowest BCUT2D eigenvalue weighted by Crippen LogP contribution is -2.33. The SMILES string of the molecule is CNNC(=O)CCCc1cccc(C)c1. The average molecular weight is 206 g/mol.